The molecule has 0 heterocycles. The van der Waals surface area contributed by atoms with E-state index in [0.717, 1.165) is 5.75 Å². The Morgan fingerprint density at radius 2 is 2.00 bits per heavy atom. The van der Waals surface area contributed by atoms with Gasteiger partial charge in [0.25, 0.3) is 0 Å². The van der Waals surface area contributed by atoms with E-state index < -0.39 is 5.97 Å². The minimum atomic E-state index is -0.867. The van der Waals surface area contributed by atoms with Crippen molar-refractivity contribution in [3.8, 4) is 0 Å². The number of carboxylic acids is 1. The van der Waals surface area contributed by atoms with Crippen LogP contribution in [0.25, 0.3) is 0 Å². The van der Waals surface area contributed by atoms with Gasteiger partial charge in [-0.15, -0.1) is 0 Å². The van der Waals surface area contributed by atoms with E-state index in [1.807, 2.05) is 12.1 Å². The zero-order chi connectivity index (χ0) is 10.6. The summed E-state index contributed by atoms with van der Waals surface area (Å²) in [5, 5.41) is 8.71. The molecule has 1 unspecified atom stereocenters. The van der Waals surface area contributed by atoms with Crippen molar-refractivity contribution in [3.63, 3.8) is 0 Å². The van der Waals surface area contributed by atoms with Gasteiger partial charge in [-0.3, -0.25) is 0 Å². The Bertz CT molecular complexity index is 306. The van der Waals surface area contributed by atoms with Crippen LogP contribution in [-0.2, 0) is 0 Å². The molecular formula is C11H14O2S. The van der Waals surface area contributed by atoms with Gasteiger partial charge in [0.15, 0.2) is 0 Å². The first-order chi connectivity index (χ1) is 6.65. The third-order valence-electron chi connectivity index (χ3n) is 2.14. The van der Waals surface area contributed by atoms with Crippen LogP contribution >= 0.6 is 11.8 Å². The molecule has 2 nitrogen and oxygen atoms in total. The molecule has 0 aliphatic carbocycles. The maximum Gasteiger partial charge on any atom is 0.335 e. The molecule has 3 heteroatoms. The third-order valence-corrected chi connectivity index (χ3v) is 2.98. The largest absolute Gasteiger partial charge is 0.478 e. The molecule has 0 aromatic heterocycles. The predicted molar refractivity (Wildman–Crippen MR) is 60.2 cm³/mol. The minimum absolute atomic E-state index is 0.352. The highest BCUT2D eigenvalue weighted by molar-refractivity contribution is 7.98. The highest BCUT2D eigenvalue weighted by Crippen LogP contribution is 2.19. The van der Waals surface area contributed by atoms with Crippen molar-refractivity contribution in [2.75, 3.05) is 12.0 Å². The van der Waals surface area contributed by atoms with Crippen molar-refractivity contribution in [1.29, 1.82) is 0 Å². The van der Waals surface area contributed by atoms with Gasteiger partial charge >= 0.3 is 5.97 Å². The molecular weight excluding hydrogens is 196 g/mol. The number of benzene rings is 1. The average Bonchev–Trinajstić information content (AvgIpc) is 2.18. The molecule has 0 aliphatic rings. The van der Waals surface area contributed by atoms with E-state index in [1.54, 1.807) is 23.9 Å². The van der Waals surface area contributed by atoms with Crippen LogP contribution in [0.3, 0.4) is 0 Å². The van der Waals surface area contributed by atoms with Gasteiger partial charge in [-0.25, -0.2) is 4.79 Å². The number of carboxylic acid groups (broad SMARTS) is 1. The highest BCUT2D eigenvalue weighted by atomic mass is 32.2. The lowest BCUT2D eigenvalue weighted by atomic mass is 10.0. The van der Waals surface area contributed by atoms with E-state index in [1.165, 1.54) is 5.56 Å². The quantitative estimate of drug-likeness (QED) is 0.830. The van der Waals surface area contributed by atoms with E-state index in [4.69, 9.17) is 5.11 Å². The van der Waals surface area contributed by atoms with Crippen molar-refractivity contribution in [3.05, 3.63) is 35.4 Å². The molecule has 0 fully saturated rings. The highest BCUT2D eigenvalue weighted by Gasteiger charge is 2.06. The first-order valence-electron chi connectivity index (χ1n) is 4.47. The maximum atomic E-state index is 10.6. The van der Waals surface area contributed by atoms with Gasteiger partial charge in [0.05, 0.1) is 5.56 Å². The molecule has 1 atom stereocenters. The first kappa shape index (κ1) is 11.1. The van der Waals surface area contributed by atoms with Crippen LogP contribution in [0.4, 0.5) is 0 Å². The molecule has 0 radical (unpaired) electrons. The minimum Gasteiger partial charge on any atom is -0.478 e. The van der Waals surface area contributed by atoms with Crippen LogP contribution in [0.2, 0.25) is 0 Å². The topological polar surface area (TPSA) is 37.3 Å². The molecule has 0 spiro atoms. The summed E-state index contributed by atoms with van der Waals surface area (Å²) in [5.74, 6) is 0.675. The van der Waals surface area contributed by atoms with E-state index in [2.05, 4.69) is 13.2 Å². The van der Waals surface area contributed by atoms with E-state index in [-0.39, 0.29) is 0 Å². The van der Waals surface area contributed by atoms with Crippen molar-refractivity contribution >= 4 is 17.7 Å². The van der Waals surface area contributed by atoms with Crippen LogP contribution in [0.1, 0.15) is 28.8 Å². The van der Waals surface area contributed by atoms with Gasteiger partial charge in [-0.2, -0.15) is 11.8 Å². The molecule has 0 bridgehead atoms. The number of hydrogen-bond donors (Lipinski definition) is 1. The molecule has 1 rings (SSSR count). The van der Waals surface area contributed by atoms with Gasteiger partial charge in [0.1, 0.15) is 0 Å². The Hall–Kier alpha value is -0.960. The lowest BCUT2D eigenvalue weighted by Crippen LogP contribution is -1.99. The van der Waals surface area contributed by atoms with Crippen LogP contribution in [-0.4, -0.2) is 23.1 Å². The molecule has 14 heavy (non-hydrogen) atoms. The third kappa shape index (κ3) is 2.77. The fourth-order valence-electron chi connectivity index (χ4n) is 1.30. The lowest BCUT2D eigenvalue weighted by Gasteiger charge is -2.09. The van der Waals surface area contributed by atoms with E-state index >= 15 is 0 Å². The number of carbonyl (C=O) groups is 1. The van der Waals surface area contributed by atoms with E-state index in [9.17, 15) is 4.79 Å². The average molecular weight is 210 g/mol. The van der Waals surface area contributed by atoms with Crippen molar-refractivity contribution in [2.45, 2.75) is 12.8 Å². The summed E-state index contributed by atoms with van der Waals surface area (Å²) in [7, 11) is 0. The second-order valence-corrected chi connectivity index (χ2v) is 4.19. The zero-order valence-corrected chi connectivity index (χ0v) is 9.17. The molecule has 0 saturated carbocycles. The fraction of sp³-hybridized carbons (Fsp3) is 0.364. The summed E-state index contributed by atoms with van der Waals surface area (Å²) in [6.07, 6.45) is 2.07. The standard InChI is InChI=1S/C11H14O2S/c1-8(7-14-2)9-3-5-10(6-4-9)11(12)13/h3-6,8H,7H2,1-2H3,(H,12,13). The van der Waals surface area contributed by atoms with Crippen LogP contribution in [0.15, 0.2) is 24.3 Å². The van der Waals surface area contributed by atoms with Gasteiger partial charge in [-0.05, 0) is 35.6 Å². The first-order valence-corrected chi connectivity index (χ1v) is 5.86. The van der Waals surface area contributed by atoms with Crippen LogP contribution < -0.4 is 0 Å². The Morgan fingerprint density at radius 3 is 2.43 bits per heavy atom. The Balaban J connectivity index is 2.77. The normalized spacial score (nSPS) is 12.4. The number of aromatic carboxylic acids is 1. The summed E-state index contributed by atoms with van der Waals surface area (Å²) in [6, 6.07) is 7.11. The summed E-state index contributed by atoms with van der Waals surface area (Å²) in [5.41, 5.74) is 1.55. The van der Waals surface area contributed by atoms with Gasteiger partial charge in [0.2, 0.25) is 0 Å². The maximum absolute atomic E-state index is 10.6. The molecule has 1 aromatic carbocycles. The van der Waals surface area contributed by atoms with Crippen molar-refractivity contribution in [2.24, 2.45) is 0 Å². The monoisotopic (exact) mass is 210 g/mol. The molecule has 76 valence electrons. The summed E-state index contributed by atoms with van der Waals surface area (Å²) in [6.45, 7) is 2.15. The fourth-order valence-corrected chi connectivity index (χ4v) is 1.99. The van der Waals surface area contributed by atoms with Crippen molar-refractivity contribution in [1.82, 2.24) is 0 Å². The Kier molecular flexibility index (Phi) is 4.01. The second kappa shape index (κ2) is 5.05. The van der Waals surface area contributed by atoms with Gasteiger partial charge in [-0.1, -0.05) is 19.1 Å². The number of rotatable bonds is 4. The van der Waals surface area contributed by atoms with Crippen LogP contribution in [0, 0.1) is 0 Å². The summed E-state index contributed by atoms with van der Waals surface area (Å²) >= 11 is 1.80. The van der Waals surface area contributed by atoms with E-state index in [0.29, 0.717) is 11.5 Å². The second-order valence-electron chi connectivity index (χ2n) is 3.28. The molecule has 0 aliphatic heterocycles. The Morgan fingerprint density at radius 1 is 1.43 bits per heavy atom. The SMILES string of the molecule is CSCC(C)c1ccc(C(=O)O)cc1. The van der Waals surface area contributed by atoms with Gasteiger partial charge < -0.3 is 5.11 Å². The zero-order valence-electron chi connectivity index (χ0n) is 8.36. The molecule has 1 aromatic rings. The Labute approximate surface area is 88.3 Å². The predicted octanol–water partition coefficient (Wildman–Crippen LogP) is 2.85. The smallest absolute Gasteiger partial charge is 0.335 e. The summed E-state index contributed by atoms with van der Waals surface area (Å²) < 4.78 is 0. The van der Waals surface area contributed by atoms with Crippen LogP contribution in [0.5, 0.6) is 0 Å². The number of hydrogen-bond acceptors (Lipinski definition) is 2. The summed E-state index contributed by atoms with van der Waals surface area (Å²) in [4.78, 5) is 10.6. The lowest BCUT2D eigenvalue weighted by molar-refractivity contribution is 0.0697. The number of thioether (sulfide) groups is 1. The molecule has 0 saturated heterocycles. The molecule has 1 N–H and O–H groups in total. The molecule has 0 amide bonds. The van der Waals surface area contributed by atoms with Gasteiger partial charge in [0, 0.05) is 0 Å². The van der Waals surface area contributed by atoms with Crippen molar-refractivity contribution < 1.29 is 9.90 Å².